The lowest BCUT2D eigenvalue weighted by Gasteiger charge is -2.15. The van der Waals surface area contributed by atoms with Crippen molar-refractivity contribution in [3.05, 3.63) is 12.5 Å². The number of sulfonamides is 1. The van der Waals surface area contributed by atoms with Gasteiger partial charge in [-0.05, 0) is 12.3 Å². The molecular formula is C11H15N3O3S. The van der Waals surface area contributed by atoms with Gasteiger partial charge >= 0.3 is 0 Å². The van der Waals surface area contributed by atoms with Crippen molar-refractivity contribution in [1.29, 1.82) is 0 Å². The lowest BCUT2D eigenvalue weighted by atomic mass is 10.0. The standard InChI is InChI=1S/C11H15N3O3S/c1-13-6-11(12-7-13)18(16,17)14-4-8-2-3-10(15)9(8)5-14/h6-9H,2-5H2,1H3. The first kappa shape index (κ1) is 11.9. The number of hydrogen-bond acceptors (Lipinski definition) is 4. The molecule has 2 atom stereocenters. The average molecular weight is 269 g/mol. The van der Waals surface area contributed by atoms with E-state index in [2.05, 4.69) is 4.98 Å². The van der Waals surface area contributed by atoms with E-state index in [1.807, 2.05) is 0 Å². The molecule has 0 amide bonds. The zero-order valence-corrected chi connectivity index (χ0v) is 10.9. The van der Waals surface area contributed by atoms with E-state index in [9.17, 15) is 13.2 Å². The lowest BCUT2D eigenvalue weighted by molar-refractivity contribution is -0.120. The molecule has 1 aliphatic carbocycles. The van der Waals surface area contributed by atoms with E-state index in [0.717, 1.165) is 6.42 Å². The van der Waals surface area contributed by atoms with Crippen LogP contribution in [0.4, 0.5) is 0 Å². The van der Waals surface area contributed by atoms with E-state index >= 15 is 0 Å². The highest BCUT2D eigenvalue weighted by Gasteiger charge is 2.46. The third-order valence-electron chi connectivity index (χ3n) is 3.87. The fourth-order valence-corrected chi connectivity index (χ4v) is 4.34. The molecule has 0 radical (unpaired) electrons. The molecule has 2 aliphatic rings. The Morgan fingerprint density at radius 3 is 2.78 bits per heavy atom. The van der Waals surface area contributed by atoms with Crippen LogP contribution in [0.25, 0.3) is 0 Å². The molecule has 0 bridgehead atoms. The Kier molecular flexibility index (Phi) is 2.56. The average Bonchev–Trinajstić information content (AvgIpc) is 2.96. The molecular weight excluding hydrogens is 254 g/mol. The van der Waals surface area contributed by atoms with Crippen LogP contribution in [0.15, 0.2) is 17.6 Å². The van der Waals surface area contributed by atoms with Crippen LogP contribution in [0.1, 0.15) is 12.8 Å². The summed E-state index contributed by atoms with van der Waals surface area (Å²) >= 11 is 0. The van der Waals surface area contributed by atoms with Gasteiger partial charge < -0.3 is 4.57 Å². The van der Waals surface area contributed by atoms with E-state index < -0.39 is 10.0 Å². The molecule has 1 aromatic rings. The number of carbonyl (C=O) groups excluding carboxylic acids is 1. The number of aryl methyl sites for hydroxylation is 1. The summed E-state index contributed by atoms with van der Waals surface area (Å²) < 4.78 is 27.7. The molecule has 98 valence electrons. The third-order valence-corrected chi connectivity index (χ3v) is 5.59. The molecule has 6 nitrogen and oxygen atoms in total. The number of Topliss-reactive ketones (excluding diaryl/α,β-unsaturated/α-hetero) is 1. The smallest absolute Gasteiger partial charge is 0.262 e. The Morgan fingerprint density at radius 1 is 1.39 bits per heavy atom. The maximum atomic E-state index is 12.3. The minimum atomic E-state index is -3.53. The van der Waals surface area contributed by atoms with Gasteiger partial charge in [-0.3, -0.25) is 4.79 Å². The second-order valence-electron chi connectivity index (χ2n) is 5.07. The SMILES string of the molecule is Cn1cnc(S(=O)(=O)N2CC3CCC(=O)C3C2)c1. The first-order valence-electron chi connectivity index (χ1n) is 5.99. The molecule has 1 aromatic heterocycles. The monoisotopic (exact) mass is 269 g/mol. The highest BCUT2D eigenvalue weighted by atomic mass is 32.2. The van der Waals surface area contributed by atoms with Gasteiger partial charge in [0.05, 0.1) is 6.33 Å². The second kappa shape index (κ2) is 3.89. The number of hydrogen-bond donors (Lipinski definition) is 0. The molecule has 1 saturated carbocycles. The van der Waals surface area contributed by atoms with Crippen LogP contribution < -0.4 is 0 Å². The number of ketones is 1. The topological polar surface area (TPSA) is 72.3 Å². The molecule has 0 spiro atoms. The summed E-state index contributed by atoms with van der Waals surface area (Å²) in [6.07, 6.45) is 4.38. The van der Waals surface area contributed by atoms with Gasteiger partial charge in [-0.1, -0.05) is 0 Å². The van der Waals surface area contributed by atoms with Gasteiger partial charge in [0, 0.05) is 38.7 Å². The number of rotatable bonds is 2. The van der Waals surface area contributed by atoms with E-state index in [-0.39, 0.29) is 22.6 Å². The van der Waals surface area contributed by atoms with Gasteiger partial charge in [-0.2, -0.15) is 4.31 Å². The van der Waals surface area contributed by atoms with Crippen LogP contribution in [-0.4, -0.2) is 41.1 Å². The van der Waals surface area contributed by atoms with Crippen molar-refractivity contribution >= 4 is 15.8 Å². The predicted molar refractivity (Wildman–Crippen MR) is 63.2 cm³/mol. The first-order valence-corrected chi connectivity index (χ1v) is 7.43. The fourth-order valence-electron chi connectivity index (χ4n) is 2.85. The molecule has 1 aliphatic heterocycles. The summed E-state index contributed by atoms with van der Waals surface area (Å²) in [6.45, 7) is 0.776. The molecule has 2 heterocycles. The van der Waals surface area contributed by atoms with E-state index in [4.69, 9.17) is 0 Å². The number of aromatic nitrogens is 2. The van der Waals surface area contributed by atoms with E-state index in [1.165, 1.54) is 16.8 Å². The summed E-state index contributed by atoms with van der Waals surface area (Å²) in [7, 11) is -1.80. The molecule has 1 saturated heterocycles. The minimum Gasteiger partial charge on any atom is -0.339 e. The van der Waals surface area contributed by atoms with Gasteiger partial charge in [0.15, 0.2) is 5.03 Å². The van der Waals surface area contributed by atoms with Gasteiger partial charge in [-0.25, -0.2) is 13.4 Å². The van der Waals surface area contributed by atoms with E-state index in [0.29, 0.717) is 19.5 Å². The summed E-state index contributed by atoms with van der Waals surface area (Å²) in [6, 6.07) is 0. The quantitative estimate of drug-likeness (QED) is 0.758. The van der Waals surface area contributed by atoms with Crippen LogP contribution in [-0.2, 0) is 21.9 Å². The normalized spacial score (nSPS) is 28.8. The summed E-state index contributed by atoms with van der Waals surface area (Å²) in [4.78, 5) is 15.5. The second-order valence-corrected chi connectivity index (χ2v) is 6.96. The summed E-state index contributed by atoms with van der Waals surface area (Å²) in [5.74, 6) is 0.318. The minimum absolute atomic E-state index is 0.0671. The van der Waals surface area contributed by atoms with E-state index in [1.54, 1.807) is 11.6 Å². The zero-order chi connectivity index (χ0) is 12.9. The van der Waals surface area contributed by atoms with Crippen LogP contribution in [0, 0.1) is 11.8 Å². The Bertz CT molecular complexity index is 592. The molecule has 18 heavy (non-hydrogen) atoms. The zero-order valence-electron chi connectivity index (χ0n) is 10.1. The largest absolute Gasteiger partial charge is 0.339 e. The van der Waals surface area contributed by atoms with Crippen LogP contribution in [0.3, 0.4) is 0 Å². The molecule has 0 N–H and O–H groups in total. The maximum absolute atomic E-state index is 12.3. The van der Waals surface area contributed by atoms with Gasteiger partial charge in [0.1, 0.15) is 5.78 Å². The van der Waals surface area contributed by atoms with Crippen molar-refractivity contribution in [2.45, 2.75) is 17.9 Å². The highest BCUT2D eigenvalue weighted by molar-refractivity contribution is 7.89. The number of fused-ring (bicyclic) bond motifs is 1. The number of nitrogens with zero attached hydrogens (tertiary/aromatic N) is 3. The third kappa shape index (κ3) is 1.69. The fraction of sp³-hybridized carbons (Fsp3) is 0.636. The Balaban J connectivity index is 1.86. The Morgan fingerprint density at radius 2 is 2.17 bits per heavy atom. The van der Waals surface area contributed by atoms with Gasteiger partial charge in [0.2, 0.25) is 0 Å². The van der Waals surface area contributed by atoms with Crippen LogP contribution in [0.5, 0.6) is 0 Å². The molecule has 2 fully saturated rings. The van der Waals surface area contributed by atoms with Crippen molar-refractivity contribution in [3.63, 3.8) is 0 Å². The van der Waals surface area contributed by atoms with Crippen LogP contribution >= 0.6 is 0 Å². The first-order chi connectivity index (χ1) is 8.48. The summed E-state index contributed by atoms with van der Waals surface area (Å²) in [5, 5.41) is 0.0671. The number of imidazole rings is 1. The van der Waals surface area contributed by atoms with Crippen LogP contribution in [0.2, 0.25) is 0 Å². The molecule has 0 aromatic carbocycles. The highest BCUT2D eigenvalue weighted by Crippen LogP contribution is 2.37. The van der Waals surface area contributed by atoms with Crippen molar-refractivity contribution in [2.75, 3.05) is 13.1 Å². The van der Waals surface area contributed by atoms with Crippen molar-refractivity contribution in [2.24, 2.45) is 18.9 Å². The molecule has 2 unspecified atom stereocenters. The Hall–Kier alpha value is -1.21. The number of carbonyl (C=O) groups is 1. The maximum Gasteiger partial charge on any atom is 0.262 e. The van der Waals surface area contributed by atoms with Crippen molar-refractivity contribution in [1.82, 2.24) is 13.9 Å². The van der Waals surface area contributed by atoms with Gasteiger partial charge in [-0.15, -0.1) is 0 Å². The van der Waals surface area contributed by atoms with Crippen molar-refractivity contribution in [3.8, 4) is 0 Å². The Labute approximate surface area is 106 Å². The predicted octanol–water partition coefficient (Wildman–Crippen LogP) is 0.0197. The molecule has 7 heteroatoms. The van der Waals surface area contributed by atoms with Crippen molar-refractivity contribution < 1.29 is 13.2 Å². The van der Waals surface area contributed by atoms with Gasteiger partial charge in [0.25, 0.3) is 10.0 Å². The lowest BCUT2D eigenvalue weighted by Crippen LogP contribution is -2.30. The summed E-state index contributed by atoms with van der Waals surface area (Å²) in [5.41, 5.74) is 0. The molecule has 3 rings (SSSR count).